The fourth-order valence-electron chi connectivity index (χ4n) is 3.88. The Hall–Kier alpha value is -1.14. The Labute approximate surface area is 159 Å². The van der Waals surface area contributed by atoms with Crippen LogP contribution < -0.4 is 10.6 Å². The highest BCUT2D eigenvalue weighted by Gasteiger charge is 2.26. The third kappa shape index (κ3) is 6.88. The Balaban J connectivity index is 1.65. The van der Waals surface area contributed by atoms with Crippen molar-refractivity contribution in [1.29, 1.82) is 0 Å². The molecule has 2 rings (SSSR count). The minimum atomic E-state index is -0.0883. The van der Waals surface area contributed by atoms with E-state index in [-0.39, 0.29) is 23.9 Å². The molecular formula is C20H38N4O2. The van der Waals surface area contributed by atoms with Gasteiger partial charge in [0.1, 0.15) is 0 Å². The maximum Gasteiger partial charge on any atom is 0.237 e. The third-order valence-corrected chi connectivity index (χ3v) is 6.01. The molecule has 1 saturated heterocycles. The summed E-state index contributed by atoms with van der Waals surface area (Å²) in [6.45, 7) is 10.8. The molecule has 0 aromatic rings. The van der Waals surface area contributed by atoms with Crippen molar-refractivity contribution in [2.75, 3.05) is 39.3 Å². The maximum absolute atomic E-state index is 12.5. The van der Waals surface area contributed by atoms with Crippen molar-refractivity contribution in [2.45, 2.75) is 71.4 Å². The summed E-state index contributed by atoms with van der Waals surface area (Å²) in [5, 5.41) is 6.18. The van der Waals surface area contributed by atoms with Crippen LogP contribution in [0.2, 0.25) is 0 Å². The van der Waals surface area contributed by atoms with Crippen LogP contribution in [-0.2, 0) is 9.59 Å². The lowest BCUT2D eigenvalue weighted by Gasteiger charge is -2.37. The average Bonchev–Trinajstić information content (AvgIpc) is 2.66. The van der Waals surface area contributed by atoms with Crippen molar-refractivity contribution >= 4 is 11.8 Å². The van der Waals surface area contributed by atoms with Gasteiger partial charge in [-0.1, -0.05) is 26.2 Å². The largest absolute Gasteiger partial charge is 0.354 e. The molecule has 2 aliphatic rings. The van der Waals surface area contributed by atoms with Crippen molar-refractivity contribution in [2.24, 2.45) is 5.92 Å². The summed E-state index contributed by atoms with van der Waals surface area (Å²) >= 11 is 0. The highest BCUT2D eigenvalue weighted by molar-refractivity contribution is 5.81. The van der Waals surface area contributed by atoms with E-state index in [0.717, 1.165) is 39.1 Å². The molecular weight excluding hydrogens is 328 g/mol. The first kappa shape index (κ1) is 21.2. The molecule has 26 heavy (non-hydrogen) atoms. The molecule has 0 bridgehead atoms. The fraction of sp³-hybridized carbons (Fsp3) is 0.900. The van der Waals surface area contributed by atoms with E-state index in [1.54, 1.807) is 0 Å². The summed E-state index contributed by atoms with van der Waals surface area (Å²) in [6, 6.07) is 0.145. The number of carbonyl (C=O) groups excluding carboxylic acids is 2. The van der Waals surface area contributed by atoms with Crippen LogP contribution in [-0.4, -0.2) is 73.0 Å². The molecule has 2 fully saturated rings. The number of rotatable bonds is 8. The van der Waals surface area contributed by atoms with E-state index in [1.807, 2.05) is 13.8 Å². The molecule has 2 N–H and O–H groups in total. The van der Waals surface area contributed by atoms with E-state index in [4.69, 9.17) is 0 Å². The van der Waals surface area contributed by atoms with Gasteiger partial charge >= 0.3 is 0 Å². The highest BCUT2D eigenvalue weighted by Crippen LogP contribution is 2.22. The molecule has 6 nitrogen and oxygen atoms in total. The highest BCUT2D eigenvalue weighted by atomic mass is 16.2. The Morgan fingerprint density at radius 3 is 2.31 bits per heavy atom. The predicted molar refractivity (Wildman–Crippen MR) is 105 cm³/mol. The second-order valence-electron chi connectivity index (χ2n) is 8.11. The Morgan fingerprint density at radius 2 is 1.69 bits per heavy atom. The van der Waals surface area contributed by atoms with Crippen LogP contribution in [0.4, 0.5) is 0 Å². The summed E-state index contributed by atoms with van der Waals surface area (Å²) in [6.07, 6.45) is 7.43. The SMILES string of the molecule is CCC(C)NC(=O)CN1CCN(C(C)C(=O)NCC2CCCCC2)CC1. The Bertz CT molecular complexity index is 443. The third-order valence-electron chi connectivity index (χ3n) is 6.01. The van der Waals surface area contributed by atoms with Crippen molar-refractivity contribution < 1.29 is 9.59 Å². The monoisotopic (exact) mass is 366 g/mol. The number of carbonyl (C=O) groups is 2. The lowest BCUT2D eigenvalue weighted by Crippen LogP contribution is -2.55. The van der Waals surface area contributed by atoms with Gasteiger partial charge in [-0.25, -0.2) is 0 Å². The van der Waals surface area contributed by atoms with Gasteiger partial charge in [0.15, 0.2) is 0 Å². The number of piperazine rings is 1. The maximum atomic E-state index is 12.5. The summed E-state index contributed by atoms with van der Waals surface area (Å²) in [5.41, 5.74) is 0. The molecule has 2 unspecified atom stereocenters. The van der Waals surface area contributed by atoms with Crippen LogP contribution >= 0.6 is 0 Å². The first-order valence-corrected chi connectivity index (χ1v) is 10.5. The zero-order valence-corrected chi connectivity index (χ0v) is 16.9. The van der Waals surface area contributed by atoms with Gasteiger partial charge in [-0.2, -0.15) is 0 Å². The molecule has 2 atom stereocenters. The van der Waals surface area contributed by atoms with E-state index < -0.39 is 0 Å². The van der Waals surface area contributed by atoms with Crippen LogP contribution in [0.25, 0.3) is 0 Å². The molecule has 1 aliphatic heterocycles. The lowest BCUT2D eigenvalue weighted by molar-refractivity contribution is -0.128. The number of hydrogen-bond donors (Lipinski definition) is 2. The molecule has 1 saturated carbocycles. The van der Waals surface area contributed by atoms with Crippen LogP contribution in [0.5, 0.6) is 0 Å². The second kappa shape index (κ2) is 10.9. The average molecular weight is 367 g/mol. The van der Waals surface area contributed by atoms with Crippen molar-refractivity contribution in [3.63, 3.8) is 0 Å². The normalized spacial score (nSPS) is 22.6. The first-order valence-electron chi connectivity index (χ1n) is 10.5. The van der Waals surface area contributed by atoms with Gasteiger partial charge in [-0.05, 0) is 39.0 Å². The van der Waals surface area contributed by atoms with Crippen molar-refractivity contribution in [1.82, 2.24) is 20.4 Å². The quantitative estimate of drug-likeness (QED) is 0.685. The molecule has 0 aromatic carbocycles. The first-order chi connectivity index (χ1) is 12.5. The van der Waals surface area contributed by atoms with Gasteiger partial charge in [-0.15, -0.1) is 0 Å². The lowest BCUT2D eigenvalue weighted by atomic mass is 9.89. The van der Waals surface area contributed by atoms with Gasteiger partial charge in [0.25, 0.3) is 0 Å². The van der Waals surface area contributed by atoms with Gasteiger partial charge in [0.05, 0.1) is 12.6 Å². The van der Waals surface area contributed by atoms with E-state index in [1.165, 1.54) is 32.1 Å². The van der Waals surface area contributed by atoms with Crippen molar-refractivity contribution in [3.05, 3.63) is 0 Å². The van der Waals surface area contributed by atoms with Crippen LogP contribution in [0.3, 0.4) is 0 Å². The summed E-state index contributed by atoms with van der Waals surface area (Å²) in [5.74, 6) is 0.922. The van der Waals surface area contributed by atoms with Gasteiger partial charge < -0.3 is 10.6 Å². The molecule has 150 valence electrons. The molecule has 6 heteroatoms. The van der Waals surface area contributed by atoms with E-state index >= 15 is 0 Å². The van der Waals surface area contributed by atoms with Gasteiger partial charge in [0, 0.05) is 38.8 Å². The molecule has 1 heterocycles. The van der Waals surface area contributed by atoms with Crippen LogP contribution in [0.1, 0.15) is 59.3 Å². The second-order valence-corrected chi connectivity index (χ2v) is 8.11. The number of amides is 2. The summed E-state index contributed by atoms with van der Waals surface area (Å²) in [7, 11) is 0. The van der Waals surface area contributed by atoms with E-state index in [9.17, 15) is 9.59 Å². The Morgan fingerprint density at radius 1 is 1.04 bits per heavy atom. The summed E-state index contributed by atoms with van der Waals surface area (Å²) < 4.78 is 0. The molecule has 1 aliphatic carbocycles. The predicted octanol–water partition coefficient (Wildman–Crippen LogP) is 1.60. The molecule has 0 spiro atoms. The van der Waals surface area contributed by atoms with Crippen molar-refractivity contribution in [3.8, 4) is 0 Å². The van der Waals surface area contributed by atoms with Gasteiger partial charge in [-0.3, -0.25) is 19.4 Å². The molecule has 0 aromatic heterocycles. The van der Waals surface area contributed by atoms with E-state index in [2.05, 4.69) is 27.4 Å². The zero-order chi connectivity index (χ0) is 18.9. The smallest absolute Gasteiger partial charge is 0.237 e. The Kier molecular flexibility index (Phi) is 8.85. The van der Waals surface area contributed by atoms with Crippen LogP contribution in [0, 0.1) is 5.92 Å². The number of nitrogens with one attached hydrogen (secondary N) is 2. The van der Waals surface area contributed by atoms with Crippen LogP contribution in [0.15, 0.2) is 0 Å². The minimum absolute atomic E-state index is 0.0883. The minimum Gasteiger partial charge on any atom is -0.354 e. The standard InChI is InChI=1S/C20H38N4O2/c1-4-16(2)22-19(25)15-23-10-12-24(13-11-23)17(3)20(26)21-14-18-8-6-5-7-9-18/h16-18H,4-15H2,1-3H3,(H,21,26)(H,22,25). The van der Waals surface area contributed by atoms with E-state index in [0.29, 0.717) is 12.5 Å². The topological polar surface area (TPSA) is 64.7 Å². The fourth-order valence-corrected chi connectivity index (χ4v) is 3.88. The molecule has 2 amide bonds. The van der Waals surface area contributed by atoms with Gasteiger partial charge in [0.2, 0.25) is 11.8 Å². The summed E-state index contributed by atoms with van der Waals surface area (Å²) in [4.78, 5) is 28.9. The number of nitrogens with zero attached hydrogens (tertiary/aromatic N) is 2. The number of hydrogen-bond acceptors (Lipinski definition) is 4. The molecule has 0 radical (unpaired) electrons. The zero-order valence-electron chi connectivity index (χ0n) is 16.9.